The second-order valence-corrected chi connectivity index (χ2v) is 8.09. The third-order valence-corrected chi connectivity index (χ3v) is 5.90. The first-order valence-electron chi connectivity index (χ1n) is 7.99. The molecule has 2 aromatic carbocycles. The molecule has 1 atom stereocenters. The van der Waals surface area contributed by atoms with Gasteiger partial charge in [-0.05, 0) is 46.8 Å². The Morgan fingerprint density at radius 3 is 2.54 bits per heavy atom. The standard InChI is InChI=1S/C20H14BrClN2OS/c21-14-9-7-13(8-10-14)17-12-18(15-4-1-2-5-16(15)22)24(23-17)20(25)19-6-3-11-26-19/h1-12,18,23H/t18-/m1/s1. The van der Waals surface area contributed by atoms with Crippen LogP contribution in [0.15, 0.2) is 76.6 Å². The maximum atomic E-state index is 13.0. The van der Waals surface area contributed by atoms with E-state index in [9.17, 15) is 4.79 Å². The summed E-state index contributed by atoms with van der Waals surface area (Å²) in [4.78, 5) is 13.7. The molecule has 1 aromatic heterocycles. The van der Waals surface area contributed by atoms with Crippen LogP contribution in [0.3, 0.4) is 0 Å². The molecule has 0 aliphatic carbocycles. The Kier molecular flexibility index (Phi) is 4.85. The van der Waals surface area contributed by atoms with Gasteiger partial charge in [0, 0.05) is 9.50 Å². The van der Waals surface area contributed by atoms with Crippen molar-refractivity contribution in [1.29, 1.82) is 0 Å². The van der Waals surface area contributed by atoms with Crippen LogP contribution in [-0.2, 0) is 0 Å². The molecule has 0 fully saturated rings. The fourth-order valence-electron chi connectivity index (χ4n) is 2.90. The molecule has 6 heteroatoms. The Bertz CT molecular complexity index is 970. The van der Waals surface area contributed by atoms with Crippen LogP contribution in [0.1, 0.15) is 26.8 Å². The van der Waals surface area contributed by atoms with Crippen molar-refractivity contribution in [3.8, 4) is 0 Å². The topological polar surface area (TPSA) is 32.3 Å². The van der Waals surface area contributed by atoms with E-state index >= 15 is 0 Å². The fraction of sp³-hybridized carbons (Fsp3) is 0.0500. The summed E-state index contributed by atoms with van der Waals surface area (Å²) in [6.07, 6.45) is 2.04. The summed E-state index contributed by atoms with van der Waals surface area (Å²) in [5.41, 5.74) is 6.04. The van der Waals surface area contributed by atoms with Crippen molar-refractivity contribution in [2.45, 2.75) is 6.04 Å². The van der Waals surface area contributed by atoms with E-state index < -0.39 is 0 Å². The molecule has 3 nitrogen and oxygen atoms in total. The lowest BCUT2D eigenvalue weighted by Gasteiger charge is -2.25. The average molecular weight is 446 g/mol. The molecule has 0 saturated carbocycles. The molecular formula is C20H14BrClN2OS. The van der Waals surface area contributed by atoms with Crippen molar-refractivity contribution in [3.05, 3.63) is 97.6 Å². The van der Waals surface area contributed by atoms with Crippen LogP contribution < -0.4 is 5.43 Å². The second kappa shape index (κ2) is 7.27. The Balaban J connectivity index is 1.75. The molecule has 4 rings (SSSR count). The summed E-state index contributed by atoms with van der Waals surface area (Å²) in [5, 5.41) is 4.18. The van der Waals surface area contributed by atoms with Gasteiger partial charge in [-0.2, -0.15) is 0 Å². The first kappa shape index (κ1) is 17.3. The highest BCUT2D eigenvalue weighted by molar-refractivity contribution is 9.10. The van der Waals surface area contributed by atoms with Crippen LogP contribution in [0.2, 0.25) is 5.02 Å². The molecule has 0 radical (unpaired) electrons. The minimum absolute atomic E-state index is 0.0757. The van der Waals surface area contributed by atoms with Crippen LogP contribution in [0, 0.1) is 0 Å². The number of benzene rings is 2. The highest BCUT2D eigenvalue weighted by Crippen LogP contribution is 2.36. The van der Waals surface area contributed by atoms with Gasteiger partial charge in [-0.15, -0.1) is 11.3 Å². The minimum Gasteiger partial charge on any atom is -0.294 e. The molecule has 2 heterocycles. The van der Waals surface area contributed by atoms with Crippen molar-refractivity contribution in [2.24, 2.45) is 0 Å². The summed E-state index contributed by atoms with van der Waals surface area (Å²) in [5.74, 6) is -0.0757. The molecule has 0 bridgehead atoms. The van der Waals surface area contributed by atoms with Gasteiger partial charge in [-0.1, -0.05) is 63.9 Å². The van der Waals surface area contributed by atoms with Crippen LogP contribution in [0.5, 0.6) is 0 Å². The average Bonchev–Trinajstić information content (AvgIpc) is 3.32. The number of halogens is 2. The largest absolute Gasteiger partial charge is 0.294 e. The molecule has 0 spiro atoms. The third-order valence-electron chi connectivity index (χ3n) is 4.17. The van der Waals surface area contributed by atoms with Crippen molar-refractivity contribution < 1.29 is 4.79 Å². The van der Waals surface area contributed by atoms with Crippen molar-refractivity contribution >= 4 is 50.5 Å². The summed E-state index contributed by atoms with van der Waals surface area (Å²) < 4.78 is 1.01. The monoisotopic (exact) mass is 444 g/mol. The number of rotatable bonds is 3. The van der Waals surface area contributed by atoms with Gasteiger partial charge in [0.25, 0.3) is 5.91 Å². The molecule has 0 unspecified atom stereocenters. The number of nitrogens with one attached hydrogen (secondary N) is 1. The predicted octanol–water partition coefficient (Wildman–Crippen LogP) is 5.91. The van der Waals surface area contributed by atoms with E-state index in [1.54, 1.807) is 5.01 Å². The molecule has 3 aromatic rings. The van der Waals surface area contributed by atoms with Gasteiger partial charge in [0.1, 0.15) is 6.04 Å². The Morgan fingerprint density at radius 1 is 1.08 bits per heavy atom. The minimum atomic E-state index is -0.281. The van der Waals surface area contributed by atoms with E-state index in [1.165, 1.54) is 11.3 Å². The van der Waals surface area contributed by atoms with E-state index in [1.807, 2.05) is 72.1 Å². The molecule has 26 heavy (non-hydrogen) atoms. The zero-order valence-corrected chi connectivity index (χ0v) is 16.7. The maximum absolute atomic E-state index is 13.0. The molecule has 0 saturated heterocycles. The number of nitrogens with zero attached hydrogens (tertiary/aromatic N) is 1. The number of hydrogen-bond acceptors (Lipinski definition) is 3. The second-order valence-electron chi connectivity index (χ2n) is 5.82. The molecule has 130 valence electrons. The van der Waals surface area contributed by atoms with Crippen LogP contribution in [-0.4, -0.2) is 10.9 Å². The highest BCUT2D eigenvalue weighted by Gasteiger charge is 2.32. The fourth-order valence-corrected chi connectivity index (χ4v) is 4.07. The quantitative estimate of drug-likeness (QED) is 0.544. The summed E-state index contributed by atoms with van der Waals surface area (Å²) >= 11 is 11.3. The van der Waals surface area contributed by atoms with E-state index in [0.717, 1.165) is 21.3 Å². The van der Waals surface area contributed by atoms with Crippen LogP contribution in [0.25, 0.3) is 5.70 Å². The number of hydrogen-bond donors (Lipinski definition) is 1. The Labute approximate surface area is 169 Å². The van der Waals surface area contributed by atoms with Crippen molar-refractivity contribution in [1.82, 2.24) is 10.4 Å². The van der Waals surface area contributed by atoms with Crippen molar-refractivity contribution in [3.63, 3.8) is 0 Å². The van der Waals surface area contributed by atoms with E-state index in [2.05, 4.69) is 21.4 Å². The van der Waals surface area contributed by atoms with Gasteiger partial charge >= 0.3 is 0 Å². The smallest absolute Gasteiger partial charge is 0.283 e. The first-order valence-corrected chi connectivity index (χ1v) is 10.0. The van der Waals surface area contributed by atoms with E-state index in [0.29, 0.717) is 9.90 Å². The molecule has 1 aliphatic rings. The SMILES string of the molecule is O=C(c1cccs1)N1NC(c2ccc(Br)cc2)=C[C@@H]1c1ccccc1Cl. The molecule has 1 N–H and O–H groups in total. The van der Waals surface area contributed by atoms with Gasteiger partial charge < -0.3 is 0 Å². The maximum Gasteiger partial charge on any atom is 0.283 e. The highest BCUT2D eigenvalue weighted by atomic mass is 79.9. The van der Waals surface area contributed by atoms with E-state index in [-0.39, 0.29) is 11.9 Å². The molecule has 1 amide bonds. The number of carbonyl (C=O) groups excluding carboxylic acids is 1. The van der Waals surface area contributed by atoms with Gasteiger partial charge in [0.15, 0.2) is 0 Å². The number of carbonyl (C=O) groups is 1. The lowest BCUT2D eigenvalue weighted by atomic mass is 10.0. The zero-order valence-electron chi connectivity index (χ0n) is 13.5. The van der Waals surface area contributed by atoms with Crippen LogP contribution >= 0.6 is 38.9 Å². The van der Waals surface area contributed by atoms with Crippen molar-refractivity contribution in [2.75, 3.05) is 0 Å². The van der Waals surface area contributed by atoms with Gasteiger partial charge in [-0.25, -0.2) is 5.01 Å². The van der Waals surface area contributed by atoms with Gasteiger partial charge in [0.2, 0.25) is 0 Å². The third kappa shape index (κ3) is 3.30. The number of thiophene rings is 1. The summed E-state index contributed by atoms with van der Waals surface area (Å²) in [7, 11) is 0. The Hall–Kier alpha value is -2.08. The molecule has 1 aliphatic heterocycles. The Morgan fingerprint density at radius 2 is 1.85 bits per heavy atom. The molecular weight excluding hydrogens is 432 g/mol. The zero-order chi connectivity index (χ0) is 18.1. The van der Waals surface area contributed by atoms with E-state index in [4.69, 9.17) is 11.6 Å². The summed E-state index contributed by atoms with van der Waals surface area (Å²) in [6, 6.07) is 19.0. The number of amides is 1. The lowest BCUT2D eigenvalue weighted by Crippen LogP contribution is -2.39. The van der Waals surface area contributed by atoms with Gasteiger partial charge in [-0.3, -0.25) is 10.2 Å². The predicted molar refractivity (Wildman–Crippen MR) is 110 cm³/mol. The summed E-state index contributed by atoms with van der Waals surface area (Å²) in [6.45, 7) is 0. The number of hydrazine groups is 1. The lowest BCUT2D eigenvalue weighted by molar-refractivity contribution is 0.0678. The van der Waals surface area contributed by atoms with Gasteiger partial charge in [0.05, 0.1) is 10.6 Å². The first-order chi connectivity index (χ1) is 12.6. The van der Waals surface area contributed by atoms with Crippen LogP contribution in [0.4, 0.5) is 0 Å². The normalized spacial score (nSPS) is 16.3.